The van der Waals surface area contributed by atoms with Crippen LogP contribution in [0.3, 0.4) is 0 Å². The Hall–Kier alpha value is -3.05. The largest absolute Gasteiger partial charge is 0.508 e. The van der Waals surface area contributed by atoms with E-state index in [0.717, 1.165) is 11.3 Å². The quantitative estimate of drug-likeness (QED) is 0.581. The van der Waals surface area contributed by atoms with Crippen LogP contribution in [0.4, 0.5) is 5.69 Å². The van der Waals surface area contributed by atoms with Gasteiger partial charge in [-0.1, -0.05) is 6.92 Å². The molecule has 0 aliphatic rings. The van der Waals surface area contributed by atoms with Gasteiger partial charge in [0.15, 0.2) is 5.57 Å². The minimum Gasteiger partial charge on any atom is -0.508 e. The van der Waals surface area contributed by atoms with Crippen LogP contribution in [0.5, 0.6) is 5.75 Å². The Labute approximate surface area is 154 Å². The summed E-state index contributed by atoms with van der Waals surface area (Å²) < 4.78 is 7.04. The molecule has 0 aliphatic heterocycles. The Balaban J connectivity index is 2.51. The molecule has 136 valence electrons. The summed E-state index contributed by atoms with van der Waals surface area (Å²) >= 11 is 1.05. The average Bonchev–Trinajstić information content (AvgIpc) is 2.95. The molecule has 2 N–H and O–H groups in total. The van der Waals surface area contributed by atoms with Crippen molar-refractivity contribution in [2.24, 2.45) is 0 Å². The molecule has 1 aromatic carbocycles. The third-order valence-electron chi connectivity index (χ3n) is 3.43. The first kappa shape index (κ1) is 19.3. The van der Waals surface area contributed by atoms with E-state index in [1.807, 2.05) is 13.0 Å². The lowest BCUT2D eigenvalue weighted by Gasteiger charge is -2.01. The Morgan fingerprint density at radius 1 is 1.38 bits per heavy atom. The van der Waals surface area contributed by atoms with Crippen molar-refractivity contribution in [3.8, 4) is 11.8 Å². The number of thiazole rings is 1. The summed E-state index contributed by atoms with van der Waals surface area (Å²) in [6, 6.07) is 8.21. The fourth-order valence-electron chi connectivity index (χ4n) is 2.15. The van der Waals surface area contributed by atoms with Gasteiger partial charge in [-0.05, 0) is 37.6 Å². The molecule has 0 saturated carbocycles. The van der Waals surface area contributed by atoms with Gasteiger partial charge in [0.2, 0.25) is 0 Å². The molecule has 2 rings (SSSR count). The summed E-state index contributed by atoms with van der Waals surface area (Å²) in [5.74, 6) is -0.586. The van der Waals surface area contributed by atoms with E-state index in [1.54, 1.807) is 19.1 Å². The van der Waals surface area contributed by atoms with E-state index in [0.29, 0.717) is 23.2 Å². The van der Waals surface area contributed by atoms with Crippen LogP contribution in [0, 0.1) is 11.3 Å². The van der Waals surface area contributed by atoms with Crippen LogP contribution in [0.1, 0.15) is 20.3 Å². The van der Waals surface area contributed by atoms with E-state index < -0.39 is 5.97 Å². The number of hydrogen-bond acceptors (Lipinski definition) is 7. The van der Waals surface area contributed by atoms with E-state index in [9.17, 15) is 20.0 Å². The fourth-order valence-corrected chi connectivity index (χ4v) is 3.22. The number of carbonyl (C=O) groups excluding carboxylic acids is 1. The molecule has 0 unspecified atom stereocenters. The van der Waals surface area contributed by atoms with E-state index >= 15 is 0 Å². The first-order valence-electron chi connectivity index (χ1n) is 8.08. The van der Waals surface area contributed by atoms with Crippen molar-refractivity contribution in [1.29, 1.82) is 5.26 Å². The van der Waals surface area contributed by atoms with Crippen LogP contribution >= 0.6 is 11.3 Å². The van der Waals surface area contributed by atoms with Gasteiger partial charge in [0, 0.05) is 18.4 Å². The summed E-state index contributed by atoms with van der Waals surface area (Å²) in [6.45, 7) is 4.16. The molecule has 26 heavy (non-hydrogen) atoms. The zero-order valence-corrected chi connectivity index (χ0v) is 15.3. The molecular weight excluding hydrogens is 354 g/mol. The highest BCUT2D eigenvalue weighted by molar-refractivity contribution is 7.07. The van der Waals surface area contributed by atoms with Gasteiger partial charge in [-0.25, -0.2) is 4.79 Å². The Morgan fingerprint density at radius 3 is 2.65 bits per heavy atom. The number of aromatic nitrogens is 1. The second-order valence-corrected chi connectivity index (χ2v) is 6.31. The molecule has 1 heterocycles. The first-order valence-corrected chi connectivity index (χ1v) is 8.90. The number of nitrogens with one attached hydrogen (secondary N) is 1. The highest BCUT2D eigenvalue weighted by Gasteiger charge is 2.16. The zero-order chi connectivity index (χ0) is 19.1. The predicted octanol–water partition coefficient (Wildman–Crippen LogP) is 1.11. The Morgan fingerprint density at radius 2 is 2.08 bits per heavy atom. The number of nitriles is 1. The third-order valence-corrected chi connectivity index (χ3v) is 4.56. The Kier molecular flexibility index (Phi) is 6.58. The third kappa shape index (κ3) is 4.32. The van der Waals surface area contributed by atoms with Gasteiger partial charge < -0.3 is 15.2 Å². The number of ether oxygens (including phenoxy) is 1. The number of anilines is 1. The van der Waals surface area contributed by atoms with Crippen molar-refractivity contribution in [1.82, 2.24) is 4.57 Å². The van der Waals surface area contributed by atoms with Crippen molar-refractivity contribution in [2.45, 2.75) is 26.8 Å². The topological polar surface area (TPSA) is 104 Å². The molecular formula is C18H19N3O4S. The van der Waals surface area contributed by atoms with Crippen molar-refractivity contribution in [3.05, 3.63) is 43.8 Å². The molecule has 0 saturated heterocycles. The lowest BCUT2D eigenvalue weighted by atomic mass is 10.3. The predicted molar refractivity (Wildman–Crippen MR) is 100.0 cm³/mol. The lowest BCUT2D eigenvalue weighted by molar-refractivity contribution is -0.136. The summed E-state index contributed by atoms with van der Waals surface area (Å²) in [5, 5.41) is 21.6. The molecule has 1 aromatic heterocycles. The van der Waals surface area contributed by atoms with Gasteiger partial charge in [0.25, 0.3) is 5.56 Å². The van der Waals surface area contributed by atoms with Gasteiger partial charge in [-0.3, -0.25) is 9.36 Å². The lowest BCUT2D eigenvalue weighted by Crippen LogP contribution is -2.32. The molecule has 0 fully saturated rings. The van der Waals surface area contributed by atoms with Crippen LogP contribution in [-0.4, -0.2) is 22.2 Å². The summed E-state index contributed by atoms with van der Waals surface area (Å²) in [7, 11) is 0. The van der Waals surface area contributed by atoms with Crippen LogP contribution < -0.4 is 20.1 Å². The number of phenolic OH excluding ortho intramolecular Hbond substituents is 1. The van der Waals surface area contributed by atoms with Gasteiger partial charge in [-0.15, -0.1) is 11.3 Å². The van der Waals surface area contributed by atoms with Crippen molar-refractivity contribution < 1.29 is 14.6 Å². The highest BCUT2D eigenvalue weighted by Crippen LogP contribution is 2.13. The fraction of sp³-hybridized carbons (Fsp3) is 0.278. The maximum Gasteiger partial charge on any atom is 0.351 e. The van der Waals surface area contributed by atoms with Crippen LogP contribution in [0.2, 0.25) is 0 Å². The minimum atomic E-state index is -0.726. The average molecular weight is 373 g/mol. The Bertz CT molecular complexity index is 997. The normalized spacial score (nSPS) is 12.4. The maximum atomic E-state index is 12.5. The number of hydrogen-bond donors (Lipinski definition) is 2. The number of esters is 1. The number of rotatable bonds is 6. The minimum absolute atomic E-state index is 0.140. The molecule has 0 aliphatic carbocycles. The van der Waals surface area contributed by atoms with Crippen LogP contribution in [0.25, 0.3) is 11.8 Å². The molecule has 0 atom stereocenters. The number of carbonyl (C=O) groups is 1. The summed E-state index contributed by atoms with van der Waals surface area (Å²) in [5.41, 5.74) is 0.216. The monoisotopic (exact) mass is 373 g/mol. The molecule has 0 radical (unpaired) electrons. The van der Waals surface area contributed by atoms with Gasteiger partial charge in [0.05, 0.1) is 6.61 Å². The standard InChI is InChI=1S/C18H19N3O4S/c1-3-9-25-18(24)14(10-19)17-21(4-2)16(23)15(26-17)11-20-12-5-7-13(22)8-6-12/h5-8,11,20,22H,3-4,9H2,1-2H3/b15-11?,17-14-. The second kappa shape index (κ2) is 8.87. The van der Waals surface area contributed by atoms with Crippen molar-refractivity contribution in [2.75, 3.05) is 11.9 Å². The number of phenols is 1. The molecule has 8 heteroatoms. The van der Waals surface area contributed by atoms with Gasteiger partial charge in [-0.2, -0.15) is 5.26 Å². The zero-order valence-electron chi connectivity index (χ0n) is 14.5. The van der Waals surface area contributed by atoms with Gasteiger partial charge in [0.1, 0.15) is 21.0 Å². The smallest absolute Gasteiger partial charge is 0.351 e. The first-order chi connectivity index (χ1) is 12.5. The maximum absolute atomic E-state index is 12.5. The summed E-state index contributed by atoms with van der Waals surface area (Å²) in [4.78, 5) is 24.6. The van der Waals surface area contributed by atoms with Crippen LogP contribution in [-0.2, 0) is 16.1 Å². The molecule has 7 nitrogen and oxygen atoms in total. The SMILES string of the molecule is CCCOC(=O)/C(C#N)=c1\sc(=CNc2ccc(O)cc2)c(=O)n1CC. The van der Waals surface area contributed by atoms with E-state index in [2.05, 4.69) is 5.32 Å². The van der Waals surface area contributed by atoms with Crippen LogP contribution in [0.15, 0.2) is 29.1 Å². The molecule has 0 amide bonds. The summed E-state index contributed by atoms with van der Waals surface area (Å²) in [6.07, 6.45) is 2.16. The molecule has 2 aromatic rings. The number of nitrogens with zero attached hydrogens (tertiary/aromatic N) is 2. The highest BCUT2D eigenvalue weighted by atomic mass is 32.1. The van der Waals surface area contributed by atoms with E-state index in [-0.39, 0.29) is 28.2 Å². The second-order valence-electron chi connectivity index (χ2n) is 5.28. The number of benzene rings is 1. The molecule has 0 spiro atoms. The van der Waals surface area contributed by atoms with Crippen molar-refractivity contribution in [3.63, 3.8) is 0 Å². The van der Waals surface area contributed by atoms with E-state index in [1.165, 1.54) is 22.9 Å². The van der Waals surface area contributed by atoms with Crippen molar-refractivity contribution >= 4 is 34.8 Å². The van der Waals surface area contributed by atoms with Gasteiger partial charge >= 0.3 is 5.97 Å². The van der Waals surface area contributed by atoms with E-state index in [4.69, 9.17) is 4.74 Å². The number of aromatic hydroxyl groups is 1. The molecule has 0 bridgehead atoms.